The Morgan fingerprint density at radius 2 is 2.05 bits per heavy atom. The van der Waals surface area contributed by atoms with E-state index in [2.05, 4.69) is 14.7 Å². The predicted octanol–water partition coefficient (Wildman–Crippen LogP) is 1.03. The van der Waals surface area contributed by atoms with E-state index in [4.69, 9.17) is 5.11 Å². The van der Waals surface area contributed by atoms with Crippen LogP contribution in [0.3, 0.4) is 0 Å². The quantitative estimate of drug-likeness (QED) is 0.709. The molecule has 8 heteroatoms. The molecule has 0 amide bonds. The third-order valence-corrected chi connectivity index (χ3v) is 4.31. The molecule has 0 fully saturated rings. The summed E-state index contributed by atoms with van der Waals surface area (Å²) in [5, 5.41) is 9.02. The number of nitrogens with one attached hydrogen (secondary N) is 2. The normalized spacial score (nSPS) is 11.3. The maximum atomic E-state index is 12.0. The van der Waals surface area contributed by atoms with Gasteiger partial charge in [0, 0.05) is 24.5 Å². The van der Waals surface area contributed by atoms with Crippen LogP contribution in [0.4, 0.5) is 11.4 Å². The van der Waals surface area contributed by atoms with E-state index in [-0.39, 0.29) is 11.6 Å². The van der Waals surface area contributed by atoms with Gasteiger partial charge in [0.1, 0.15) is 0 Å². The van der Waals surface area contributed by atoms with Crippen molar-refractivity contribution in [2.45, 2.75) is 11.9 Å². The van der Waals surface area contributed by atoms with Crippen LogP contribution >= 0.6 is 0 Å². The number of hydrogen-bond acceptors (Lipinski definition) is 5. The molecular formula is C13H18N4O3S. The fourth-order valence-electron chi connectivity index (χ4n) is 1.93. The third kappa shape index (κ3) is 3.73. The van der Waals surface area contributed by atoms with Crippen LogP contribution in [0.1, 0.15) is 6.92 Å². The first-order chi connectivity index (χ1) is 10.1. The summed E-state index contributed by atoms with van der Waals surface area (Å²) in [4.78, 5) is 8.24. The number of benzene rings is 1. The van der Waals surface area contributed by atoms with E-state index in [0.717, 1.165) is 12.2 Å². The van der Waals surface area contributed by atoms with Crippen LogP contribution in [0.5, 0.6) is 0 Å². The summed E-state index contributed by atoms with van der Waals surface area (Å²) < 4.78 is 26.5. The van der Waals surface area contributed by atoms with E-state index >= 15 is 0 Å². The van der Waals surface area contributed by atoms with Gasteiger partial charge in [-0.1, -0.05) is 0 Å². The van der Waals surface area contributed by atoms with E-state index in [1.54, 1.807) is 12.1 Å². The molecule has 1 heterocycles. The van der Waals surface area contributed by atoms with Gasteiger partial charge in [0.05, 0.1) is 19.1 Å². The number of aliphatic hydroxyl groups is 1. The maximum Gasteiger partial charge on any atom is 0.278 e. The highest BCUT2D eigenvalue weighted by Gasteiger charge is 2.15. The fraction of sp³-hybridized carbons (Fsp3) is 0.308. The number of likely N-dealkylation sites (N-methyl/N-ethyl adjacent to an activating group) is 1. The van der Waals surface area contributed by atoms with Gasteiger partial charge in [-0.2, -0.15) is 8.42 Å². The van der Waals surface area contributed by atoms with Crippen molar-refractivity contribution in [3.63, 3.8) is 0 Å². The van der Waals surface area contributed by atoms with Gasteiger partial charge in [-0.15, -0.1) is 0 Å². The number of hydrogen-bond donors (Lipinski definition) is 3. The summed E-state index contributed by atoms with van der Waals surface area (Å²) in [6, 6.07) is 6.99. The second-order valence-electron chi connectivity index (χ2n) is 4.37. The smallest absolute Gasteiger partial charge is 0.278 e. The van der Waals surface area contributed by atoms with Crippen molar-refractivity contribution in [1.82, 2.24) is 9.97 Å². The molecule has 7 nitrogen and oxygen atoms in total. The van der Waals surface area contributed by atoms with Gasteiger partial charge in [0.15, 0.2) is 5.03 Å². The molecule has 0 aliphatic rings. The van der Waals surface area contributed by atoms with E-state index < -0.39 is 10.0 Å². The van der Waals surface area contributed by atoms with E-state index in [1.165, 1.54) is 12.5 Å². The molecule has 0 saturated carbocycles. The Morgan fingerprint density at radius 1 is 1.33 bits per heavy atom. The molecule has 0 atom stereocenters. The van der Waals surface area contributed by atoms with Crippen molar-refractivity contribution in [3.8, 4) is 0 Å². The molecule has 2 aromatic rings. The van der Waals surface area contributed by atoms with Crippen molar-refractivity contribution < 1.29 is 13.5 Å². The topological polar surface area (TPSA) is 98.3 Å². The predicted molar refractivity (Wildman–Crippen MR) is 80.8 cm³/mol. The largest absolute Gasteiger partial charge is 0.395 e. The van der Waals surface area contributed by atoms with Crippen molar-refractivity contribution >= 4 is 21.4 Å². The lowest BCUT2D eigenvalue weighted by molar-refractivity contribution is 0.302. The van der Waals surface area contributed by atoms with Gasteiger partial charge in [-0.05, 0) is 31.2 Å². The Hall–Kier alpha value is -2.06. The highest BCUT2D eigenvalue weighted by Crippen LogP contribution is 2.19. The summed E-state index contributed by atoms with van der Waals surface area (Å²) in [7, 11) is -3.64. The molecule has 114 valence electrons. The summed E-state index contributed by atoms with van der Waals surface area (Å²) >= 11 is 0. The number of sulfonamides is 1. The van der Waals surface area contributed by atoms with Gasteiger partial charge in [-0.3, -0.25) is 4.72 Å². The van der Waals surface area contributed by atoms with Crippen LogP contribution in [-0.4, -0.2) is 43.2 Å². The average Bonchev–Trinajstić information content (AvgIpc) is 3.00. The number of imidazole rings is 1. The van der Waals surface area contributed by atoms with E-state index in [1.807, 2.05) is 24.0 Å². The van der Waals surface area contributed by atoms with Crippen LogP contribution in [-0.2, 0) is 10.0 Å². The van der Waals surface area contributed by atoms with Crippen LogP contribution in [0.2, 0.25) is 0 Å². The zero-order valence-electron chi connectivity index (χ0n) is 11.7. The molecule has 0 spiro atoms. The molecule has 0 radical (unpaired) electrons. The summed E-state index contributed by atoms with van der Waals surface area (Å²) in [5.74, 6) is 0. The van der Waals surface area contributed by atoms with Crippen molar-refractivity contribution in [2.75, 3.05) is 29.3 Å². The standard InChI is InChI=1S/C13H18N4O3S/c1-2-17(7-8-18)12-5-3-11(4-6-12)16-21(19,20)13-9-14-10-15-13/h3-6,9-10,16,18H,2,7-8H2,1H3,(H,14,15). The van der Waals surface area contributed by atoms with Gasteiger partial charge in [0.25, 0.3) is 10.0 Å². The highest BCUT2D eigenvalue weighted by atomic mass is 32.2. The molecule has 1 aromatic carbocycles. The van der Waals surface area contributed by atoms with Crippen molar-refractivity contribution in [2.24, 2.45) is 0 Å². The van der Waals surface area contributed by atoms with Gasteiger partial charge in [-0.25, -0.2) is 4.98 Å². The Labute approximate surface area is 123 Å². The fourth-order valence-corrected chi connectivity index (χ4v) is 2.89. The van der Waals surface area contributed by atoms with Crippen LogP contribution < -0.4 is 9.62 Å². The Kier molecular flexibility index (Phi) is 4.81. The molecule has 3 N–H and O–H groups in total. The molecule has 0 aliphatic heterocycles. The first-order valence-electron chi connectivity index (χ1n) is 6.54. The highest BCUT2D eigenvalue weighted by molar-refractivity contribution is 7.92. The number of anilines is 2. The van der Waals surface area contributed by atoms with Crippen LogP contribution in [0.25, 0.3) is 0 Å². The molecule has 2 rings (SSSR count). The summed E-state index contributed by atoms with van der Waals surface area (Å²) in [5.41, 5.74) is 1.39. The minimum Gasteiger partial charge on any atom is -0.395 e. The van der Waals surface area contributed by atoms with E-state index in [0.29, 0.717) is 12.2 Å². The monoisotopic (exact) mass is 310 g/mol. The SMILES string of the molecule is CCN(CCO)c1ccc(NS(=O)(=O)c2cnc[nH]2)cc1. The van der Waals surface area contributed by atoms with Crippen molar-refractivity contribution in [1.29, 1.82) is 0 Å². The van der Waals surface area contributed by atoms with Crippen LogP contribution in [0.15, 0.2) is 41.8 Å². The average molecular weight is 310 g/mol. The molecule has 0 unspecified atom stereocenters. The Balaban J connectivity index is 2.13. The number of aliphatic hydroxyl groups excluding tert-OH is 1. The summed E-state index contributed by atoms with van der Waals surface area (Å²) in [6.07, 6.45) is 2.56. The zero-order valence-corrected chi connectivity index (χ0v) is 12.5. The Bertz CT molecular complexity index is 653. The van der Waals surface area contributed by atoms with Crippen LogP contribution in [0, 0.1) is 0 Å². The molecular weight excluding hydrogens is 292 g/mol. The minimum atomic E-state index is -3.64. The van der Waals surface area contributed by atoms with Crippen molar-refractivity contribution in [3.05, 3.63) is 36.8 Å². The number of rotatable bonds is 7. The lowest BCUT2D eigenvalue weighted by atomic mass is 10.2. The van der Waals surface area contributed by atoms with Gasteiger partial charge < -0.3 is 15.0 Å². The lowest BCUT2D eigenvalue weighted by Gasteiger charge is -2.22. The first-order valence-corrected chi connectivity index (χ1v) is 8.02. The summed E-state index contributed by atoms with van der Waals surface area (Å²) in [6.45, 7) is 3.36. The zero-order chi connectivity index (χ0) is 15.3. The molecule has 0 bridgehead atoms. The first kappa shape index (κ1) is 15.3. The second kappa shape index (κ2) is 6.59. The second-order valence-corrected chi connectivity index (χ2v) is 6.02. The van der Waals surface area contributed by atoms with Gasteiger partial charge in [0.2, 0.25) is 0 Å². The number of H-pyrrole nitrogens is 1. The molecule has 21 heavy (non-hydrogen) atoms. The number of aromatic nitrogens is 2. The molecule has 1 aromatic heterocycles. The maximum absolute atomic E-state index is 12.0. The number of nitrogens with zero attached hydrogens (tertiary/aromatic N) is 2. The number of aromatic amines is 1. The minimum absolute atomic E-state index is 0.0158. The lowest BCUT2D eigenvalue weighted by Crippen LogP contribution is -2.26. The molecule has 0 saturated heterocycles. The van der Waals surface area contributed by atoms with Gasteiger partial charge >= 0.3 is 0 Å². The third-order valence-electron chi connectivity index (χ3n) is 3.00. The Morgan fingerprint density at radius 3 is 2.57 bits per heavy atom. The molecule has 0 aliphatic carbocycles. The van der Waals surface area contributed by atoms with E-state index in [9.17, 15) is 8.42 Å².